The molecule has 22 heavy (non-hydrogen) atoms. The maximum atomic E-state index is 11.9. The van der Waals surface area contributed by atoms with Crippen molar-refractivity contribution >= 4 is 17.6 Å². The van der Waals surface area contributed by atoms with Gasteiger partial charge in [0.05, 0.1) is 0 Å². The van der Waals surface area contributed by atoms with Crippen molar-refractivity contribution in [3.8, 4) is 11.5 Å². The fourth-order valence-corrected chi connectivity index (χ4v) is 2.54. The number of ether oxygens (including phenoxy) is 1. The molecule has 1 amide bonds. The van der Waals surface area contributed by atoms with Crippen molar-refractivity contribution in [2.75, 3.05) is 4.90 Å². The Labute approximate surface area is 127 Å². The lowest BCUT2D eigenvalue weighted by Crippen LogP contribution is -2.38. The van der Waals surface area contributed by atoms with Gasteiger partial charge in [0.15, 0.2) is 0 Å². The summed E-state index contributed by atoms with van der Waals surface area (Å²) in [7, 11) is 0. The van der Waals surface area contributed by atoms with Crippen LogP contribution in [0.1, 0.15) is 12.8 Å². The number of aliphatic carboxylic acids is 1. The molecule has 0 aliphatic carbocycles. The summed E-state index contributed by atoms with van der Waals surface area (Å²) in [5, 5.41) is 9.19. The molecule has 1 atom stereocenters. The molecule has 5 heteroatoms. The van der Waals surface area contributed by atoms with Gasteiger partial charge in [-0.2, -0.15) is 0 Å². The summed E-state index contributed by atoms with van der Waals surface area (Å²) in [6.07, 6.45) is 0.607. The Balaban J connectivity index is 1.79. The van der Waals surface area contributed by atoms with Gasteiger partial charge in [0.25, 0.3) is 0 Å². The summed E-state index contributed by atoms with van der Waals surface area (Å²) in [6.45, 7) is 0. The summed E-state index contributed by atoms with van der Waals surface area (Å²) < 4.78 is 5.68. The number of carboxylic acid groups (broad SMARTS) is 1. The number of rotatable bonds is 4. The Kier molecular flexibility index (Phi) is 3.78. The average Bonchev–Trinajstić information content (AvgIpc) is 2.91. The lowest BCUT2D eigenvalue weighted by atomic mass is 10.2. The van der Waals surface area contributed by atoms with Crippen LogP contribution in [0.15, 0.2) is 54.6 Å². The largest absolute Gasteiger partial charge is 0.480 e. The molecular formula is C17H15NO4. The Hall–Kier alpha value is -2.82. The monoisotopic (exact) mass is 297 g/mol. The molecule has 2 aromatic rings. The van der Waals surface area contributed by atoms with Crippen LogP contribution in [0.25, 0.3) is 0 Å². The van der Waals surface area contributed by atoms with Crippen molar-refractivity contribution in [1.29, 1.82) is 0 Å². The van der Waals surface area contributed by atoms with Gasteiger partial charge in [0.2, 0.25) is 5.91 Å². The molecular weight excluding hydrogens is 282 g/mol. The third kappa shape index (κ3) is 2.79. The number of carbonyl (C=O) groups is 2. The van der Waals surface area contributed by atoms with E-state index < -0.39 is 12.0 Å². The van der Waals surface area contributed by atoms with E-state index >= 15 is 0 Å². The molecule has 1 saturated heterocycles. The van der Waals surface area contributed by atoms with Crippen LogP contribution in [0.5, 0.6) is 11.5 Å². The van der Waals surface area contributed by atoms with Crippen molar-refractivity contribution in [2.45, 2.75) is 18.9 Å². The number of benzene rings is 2. The van der Waals surface area contributed by atoms with E-state index in [1.165, 1.54) is 4.90 Å². The topological polar surface area (TPSA) is 66.8 Å². The highest BCUT2D eigenvalue weighted by Crippen LogP contribution is 2.29. The zero-order chi connectivity index (χ0) is 15.5. The van der Waals surface area contributed by atoms with Gasteiger partial charge < -0.3 is 9.84 Å². The van der Waals surface area contributed by atoms with E-state index in [9.17, 15) is 14.7 Å². The predicted octanol–water partition coefficient (Wildman–Crippen LogP) is 3.06. The number of hydrogen-bond donors (Lipinski definition) is 1. The SMILES string of the molecule is O=C(O)[C@H]1CCC(=O)N1c1ccc(Oc2ccccc2)cc1. The van der Waals surface area contributed by atoms with Gasteiger partial charge in [-0.15, -0.1) is 0 Å². The molecule has 5 nitrogen and oxygen atoms in total. The maximum Gasteiger partial charge on any atom is 0.326 e. The number of hydrogen-bond acceptors (Lipinski definition) is 3. The average molecular weight is 297 g/mol. The Morgan fingerprint density at radius 1 is 1.05 bits per heavy atom. The molecule has 1 heterocycles. The molecule has 0 bridgehead atoms. The molecule has 3 rings (SSSR count). The van der Waals surface area contributed by atoms with Gasteiger partial charge in [0.1, 0.15) is 17.5 Å². The van der Waals surface area contributed by atoms with E-state index in [0.717, 1.165) is 5.75 Å². The highest BCUT2D eigenvalue weighted by Gasteiger charge is 2.36. The molecule has 1 N–H and O–H groups in total. The smallest absolute Gasteiger partial charge is 0.326 e. The first-order chi connectivity index (χ1) is 10.6. The van der Waals surface area contributed by atoms with Gasteiger partial charge in [-0.05, 0) is 42.8 Å². The van der Waals surface area contributed by atoms with Crippen molar-refractivity contribution < 1.29 is 19.4 Å². The number of para-hydroxylation sites is 1. The van der Waals surface area contributed by atoms with Crippen LogP contribution in [-0.2, 0) is 9.59 Å². The molecule has 2 aromatic carbocycles. The molecule has 1 aliphatic rings. The van der Waals surface area contributed by atoms with E-state index in [4.69, 9.17) is 4.74 Å². The van der Waals surface area contributed by atoms with Crippen LogP contribution in [0.4, 0.5) is 5.69 Å². The quantitative estimate of drug-likeness (QED) is 0.941. The second-order valence-electron chi connectivity index (χ2n) is 5.07. The van der Waals surface area contributed by atoms with Gasteiger partial charge in [-0.25, -0.2) is 4.79 Å². The fourth-order valence-electron chi connectivity index (χ4n) is 2.54. The molecule has 0 aromatic heterocycles. The fraction of sp³-hybridized carbons (Fsp3) is 0.176. The van der Waals surface area contributed by atoms with Crippen molar-refractivity contribution in [3.05, 3.63) is 54.6 Å². The van der Waals surface area contributed by atoms with E-state index in [0.29, 0.717) is 17.9 Å². The van der Waals surface area contributed by atoms with E-state index in [2.05, 4.69) is 0 Å². The summed E-state index contributed by atoms with van der Waals surface area (Å²) >= 11 is 0. The number of nitrogens with zero attached hydrogens (tertiary/aromatic N) is 1. The molecule has 0 radical (unpaired) electrons. The summed E-state index contributed by atoms with van der Waals surface area (Å²) in [4.78, 5) is 24.5. The third-order valence-corrected chi connectivity index (χ3v) is 3.59. The van der Waals surface area contributed by atoms with E-state index in [1.807, 2.05) is 30.3 Å². The predicted molar refractivity (Wildman–Crippen MR) is 81.1 cm³/mol. The lowest BCUT2D eigenvalue weighted by Gasteiger charge is -2.21. The van der Waals surface area contributed by atoms with E-state index in [1.54, 1.807) is 24.3 Å². The maximum absolute atomic E-state index is 11.9. The van der Waals surface area contributed by atoms with Crippen molar-refractivity contribution in [2.24, 2.45) is 0 Å². The van der Waals surface area contributed by atoms with Gasteiger partial charge >= 0.3 is 5.97 Å². The second kappa shape index (κ2) is 5.89. The summed E-state index contributed by atoms with van der Waals surface area (Å²) in [5.74, 6) is 0.212. The molecule has 0 spiro atoms. The molecule has 112 valence electrons. The summed E-state index contributed by atoms with van der Waals surface area (Å²) in [6, 6.07) is 15.4. The number of anilines is 1. The number of amides is 1. The van der Waals surface area contributed by atoms with Crippen LogP contribution < -0.4 is 9.64 Å². The van der Waals surface area contributed by atoms with Gasteiger partial charge in [-0.1, -0.05) is 18.2 Å². The molecule has 0 unspecified atom stereocenters. The molecule has 1 aliphatic heterocycles. The van der Waals surface area contributed by atoms with Crippen molar-refractivity contribution in [3.63, 3.8) is 0 Å². The minimum absolute atomic E-state index is 0.163. The third-order valence-electron chi connectivity index (χ3n) is 3.59. The summed E-state index contributed by atoms with van der Waals surface area (Å²) in [5.41, 5.74) is 0.579. The minimum Gasteiger partial charge on any atom is -0.480 e. The highest BCUT2D eigenvalue weighted by atomic mass is 16.5. The van der Waals surface area contributed by atoms with Crippen LogP contribution in [0.2, 0.25) is 0 Å². The van der Waals surface area contributed by atoms with Crippen molar-refractivity contribution in [1.82, 2.24) is 0 Å². The normalized spacial score (nSPS) is 17.5. The van der Waals surface area contributed by atoms with E-state index in [-0.39, 0.29) is 12.3 Å². The van der Waals surface area contributed by atoms with Crippen LogP contribution in [0.3, 0.4) is 0 Å². The zero-order valence-electron chi connectivity index (χ0n) is 11.8. The standard InChI is InChI=1S/C17H15NO4/c19-16-11-10-15(17(20)21)18(16)12-6-8-14(9-7-12)22-13-4-2-1-3-5-13/h1-9,15H,10-11H2,(H,20,21)/t15-/m1/s1. The van der Waals surface area contributed by atoms with Gasteiger partial charge in [-0.3, -0.25) is 9.69 Å². The first-order valence-corrected chi connectivity index (χ1v) is 7.03. The zero-order valence-corrected chi connectivity index (χ0v) is 11.8. The Morgan fingerprint density at radius 2 is 1.68 bits per heavy atom. The highest BCUT2D eigenvalue weighted by molar-refractivity contribution is 6.02. The molecule has 0 saturated carbocycles. The molecule has 1 fully saturated rings. The van der Waals surface area contributed by atoms with Crippen LogP contribution in [-0.4, -0.2) is 23.0 Å². The van der Waals surface area contributed by atoms with Crippen LogP contribution in [0, 0.1) is 0 Å². The Morgan fingerprint density at radius 3 is 2.32 bits per heavy atom. The minimum atomic E-state index is -0.976. The lowest BCUT2D eigenvalue weighted by molar-refractivity contribution is -0.138. The first kappa shape index (κ1) is 14.1. The van der Waals surface area contributed by atoms with Gasteiger partial charge in [0, 0.05) is 12.1 Å². The number of carboxylic acids is 1. The Bertz CT molecular complexity index is 682. The van der Waals surface area contributed by atoms with Crippen LogP contribution >= 0.6 is 0 Å². The second-order valence-corrected chi connectivity index (χ2v) is 5.07. The first-order valence-electron chi connectivity index (χ1n) is 7.03. The number of carbonyl (C=O) groups excluding carboxylic acids is 1.